The number of aromatic nitrogens is 2. The van der Waals surface area contributed by atoms with Crippen LogP contribution in [0, 0.1) is 0 Å². The van der Waals surface area contributed by atoms with Crippen LogP contribution in [0.5, 0.6) is 0 Å². The van der Waals surface area contributed by atoms with Crippen LogP contribution >= 0.6 is 0 Å². The van der Waals surface area contributed by atoms with Crippen molar-refractivity contribution < 1.29 is 9.15 Å². The van der Waals surface area contributed by atoms with Crippen LogP contribution in [0.25, 0.3) is 21.9 Å². The highest BCUT2D eigenvalue weighted by Crippen LogP contribution is 2.09. The second kappa shape index (κ2) is 8.29. The molecule has 0 atom stereocenters. The maximum Gasteiger partial charge on any atom is 0.185 e. The first-order chi connectivity index (χ1) is 11.9. The molecule has 4 nitrogen and oxygen atoms in total. The summed E-state index contributed by atoms with van der Waals surface area (Å²) in [5, 5.41) is 1.87. The van der Waals surface area contributed by atoms with Gasteiger partial charge in [0.05, 0.1) is 5.52 Å². The van der Waals surface area contributed by atoms with Gasteiger partial charge >= 0.3 is 0 Å². The van der Waals surface area contributed by atoms with E-state index in [2.05, 4.69) is 9.97 Å². The minimum absolute atomic E-state index is 0.650. The maximum absolute atomic E-state index is 5.32. The van der Waals surface area contributed by atoms with Crippen molar-refractivity contribution in [2.24, 2.45) is 0 Å². The lowest BCUT2D eigenvalue weighted by molar-refractivity contribution is 0.0690. The molecule has 0 radical (unpaired) electrons. The number of hydrogen-bond donors (Lipinski definition) is 0. The fourth-order valence-electron chi connectivity index (χ4n) is 2.06. The fraction of sp³-hybridized carbons (Fsp3) is 0. The van der Waals surface area contributed by atoms with Crippen LogP contribution in [0.3, 0.4) is 0 Å². The molecule has 2 heterocycles. The summed E-state index contributed by atoms with van der Waals surface area (Å²) in [5.41, 5.74) is 1.48. The van der Waals surface area contributed by atoms with Crippen LogP contribution in [-0.2, 0) is 0 Å². The van der Waals surface area contributed by atoms with Gasteiger partial charge in [0, 0.05) is 17.0 Å². The Balaban J connectivity index is 2.20. The number of para-hydroxylation sites is 1. The van der Waals surface area contributed by atoms with Gasteiger partial charge in [-0.1, -0.05) is 60.7 Å². The summed E-state index contributed by atoms with van der Waals surface area (Å²) >= 11 is 0. The van der Waals surface area contributed by atoms with Crippen LogP contribution in [0.1, 0.15) is 0 Å². The molecule has 0 fully saturated rings. The molecule has 2 aromatic heterocycles. The Morgan fingerprint density at radius 3 is 2.25 bits per heavy atom. The summed E-state index contributed by atoms with van der Waals surface area (Å²) in [4.78, 5) is 8.31. The lowest BCUT2D eigenvalue weighted by Gasteiger charge is -1.89. The first kappa shape index (κ1) is 15.5. The third kappa shape index (κ3) is 4.30. The normalized spacial score (nSPS) is 9.67. The smallest absolute Gasteiger partial charge is 0.185 e. The van der Waals surface area contributed by atoms with Crippen molar-refractivity contribution in [3.05, 3.63) is 97.7 Å². The molecule has 0 unspecified atom stereocenters. The average Bonchev–Trinajstić information content (AvgIpc) is 2.62. The van der Waals surface area contributed by atoms with Crippen molar-refractivity contribution >= 4 is 21.9 Å². The van der Waals surface area contributed by atoms with Crippen molar-refractivity contribution in [2.45, 2.75) is 0 Å². The van der Waals surface area contributed by atoms with Gasteiger partial charge in [-0.15, -0.1) is 0 Å². The number of hydrogen-bond acceptors (Lipinski definition) is 4. The van der Waals surface area contributed by atoms with Crippen molar-refractivity contribution in [1.29, 1.82) is 0 Å². The molecule has 118 valence electrons. The van der Waals surface area contributed by atoms with Crippen LogP contribution < -0.4 is 0 Å². The van der Waals surface area contributed by atoms with Gasteiger partial charge < -0.3 is 0 Å². The Morgan fingerprint density at radius 2 is 1.38 bits per heavy atom. The zero-order chi connectivity index (χ0) is 16.5. The molecular weight excluding hydrogens is 300 g/mol. The summed E-state index contributed by atoms with van der Waals surface area (Å²) in [7, 11) is 0. The Morgan fingerprint density at radius 1 is 0.667 bits per heavy atom. The first-order valence-corrected chi connectivity index (χ1v) is 7.50. The van der Waals surface area contributed by atoms with E-state index >= 15 is 0 Å². The Kier molecular flexibility index (Phi) is 5.35. The number of nitrogens with zero attached hydrogens (tertiary/aromatic N) is 2. The van der Waals surface area contributed by atoms with Gasteiger partial charge in [-0.3, -0.25) is 9.15 Å². The summed E-state index contributed by atoms with van der Waals surface area (Å²) in [6.45, 7) is 0. The molecule has 0 aliphatic heterocycles. The van der Waals surface area contributed by atoms with E-state index in [1.807, 2.05) is 72.8 Å². The molecule has 0 aliphatic rings. The number of fused-ring (bicyclic) bond motifs is 2. The molecule has 0 N–H and O–H groups in total. The van der Waals surface area contributed by atoms with Gasteiger partial charge in [-0.25, -0.2) is 9.97 Å². The van der Waals surface area contributed by atoms with Gasteiger partial charge in [-0.05, 0) is 18.2 Å². The first-order valence-electron chi connectivity index (χ1n) is 7.50. The molecule has 0 aliphatic carbocycles. The van der Waals surface area contributed by atoms with E-state index < -0.39 is 0 Å². The van der Waals surface area contributed by atoms with E-state index in [9.17, 15) is 0 Å². The van der Waals surface area contributed by atoms with Gasteiger partial charge in [0.15, 0.2) is 5.58 Å². The van der Waals surface area contributed by atoms with Crippen LogP contribution in [0.15, 0.2) is 107 Å². The quantitative estimate of drug-likeness (QED) is 0.525. The number of benzene rings is 1. The van der Waals surface area contributed by atoms with E-state index in [4.69, 9.17) is 9.15 Å². The minimum atomic E-state index is 0.650. The molecule has 0 saturated heterocycles. The van der Waals surface area contributed by atoms with E-state index in [1.165, 1.54) is 12.6 Å². The highest BCUT2D eigenvalue weighted by atomic mass is 17.0. The lowest BCUT2D eigenvalue weighted by Crippen LogP contribution is -1.76. The molecule has 4 heteroatoms. The third-order valence-corrected chi connectivity index (χ3v) is 3.21. The highest BCUT2D eigenvalue weighted by molar-refractivity contribution is 5.76. The zero-order valence-electron chi connectivity index (χ0n) is 12.9. The van der Waals surface area contributed by atoms with Crippen LogP contribution in [0.4, 0.5) is 0 Å². The molecule has 0 amide bonds. The van der Waals surface area contributed by atoms with Gasteiger partial charge in [0.2, 0.25) is 0 Å². The van der Waals surface area contributed by atoms with Crippen molar-refractivity contribution in [1.82, 2.24) is 9.97 Å². The predicted molar refractivity (Wildman–Crippen MR) is 94.5 cm³/mol. The average molecular weight is 316 g/mol. The predicted octanol–water partition coefficient (Wildman–Crippen LogP) is 5.34. The van der Waals surface area contributed by atoms with E-state index in [0.717, 1.165) is 16.3 Å². The van der Waals surface area contributed by atoms with Gasteiger partial charge in [0.1, 0.15) is 12.6 Å². The second-order valence-corrected chi connectivity index (χ2v) is 4.87. The monoisotopic (exact) mass is 316 g/mol. The van der Waals surface area contributed by atoms with E-state index in [1.54, 1.807) is 12.3 Å². The molecular formula is C20H16N2O2. The SMILES string of the molecule is c1cccc2ccccc2ooccccc2ncncc2cc1. The van der Waals surface area contributed by atoms with Gasteiger partial charge in [-0.2, -0.15) is 0 Å². The van der Waals surface area contributed by atoms with E-state index in [-0.39, 0.29) is 0 Å². The summed E-state index contributed by atoms with van der Waals surface area (Å²) in [6.07, 6.45) is 4.77. The molecule has 0 bridgehead atoms. The molecule has 24 heavy (non-hydrogen) atoms. The van der Waals surface area contributed by atoms with Crippen molar-refractivity contribution in [2.75, 3.05) is 0 Å². The fourth-order valence-corrected chi connectivity index (χ4v) is 2.06. The molecule has 3 aromatic rings. The maximum atomic E-state index is 5.32. The third-order valence-electron chi connectivity index (χ3n) is 3.21. The summed E-state index contributed by atoms with van der Waals surface area (Å²) < 4.78 is 10.4. The molecule has 0 saturated carbocycles. The number of rotatable bonds is 0. The second-order valence-electron chi connectivity index (χ2n) is 4.87. The Bertz CT molecular complexity index is 827. The lowest BCUT2D eigenvalue weighted by atomic mass is 10.2. The highest BCUT2D eigenvalue weighted by Gasteiger charge is 1.88. The summed E-state index contributed by atoms with van der Waals surface area (Å²) in [6, 6.07) is 24.8. The van der Waals surface area contributed by atoms with Crippen LogP contribution in [0.2, 0.25) is 0 Å². The Hall–Kier alpha value is -3.40. The summed E-state index contributed by atoms with van der Waals surface area (Å²) in [5.74, 6) is 0. The van der Waals surface area contributed by atoms with Crippen LogP contribution in [-0.4, -0.2) is 9.97 Å². The largest absolute Gasteiger partial charge is 0.298 e. The molecule has 3 rings (SSSR count). The van der Waals surface area contributed by atoms with Crippen molar-refractivity contribution in [3.8, 4) is 0 Å². The minimum Gasteiger partial charge on any atom is -0.298 e. The molecule has 0 spiro atoms. The molecule has 1 aromatic carbocycles. The van der Waals surface area contributed by atoms with Crippen molar-refractivity contribution in [3.63, 3.8) is 0 Å². The van der Waals surface area contributed by atoms with Gasteiger partial charge in [0.25, 0.3) is 0 Å². The topological polar surface area (TPSA) is 52.1 Å². The Labute approximate surface area is 139 Å². The standard InChI is InChI=1S/C20H16N2O2/c1-2-4-11-18-15-21-16-22-19(18)12-7-8-14-23-24-20-13-6-5-10-17(20)9-3-1/h1-16H. The zero-order valence-corrected chi connectivity index (χ0v) is 12.9. The van der Waals surface area contributed by atoms with E-state index in [0.29, 0.717) is 5.58 Å².